The number of oxazole rings is 1. The first-order valence-electron chi connectivity index (χ1n) is 11.1. The Balaban J connectivity index is 1.64. The van der Waals surface area contributed by atoms with E-state index in [1.165, 1.54) is 24.3 Å². The van der Waals surface area contributed by atoms with Crippen LogP contribution in [0.25, 0.3) is 33.5 Å². The standard InChI is InChI=1S/C24H22N2O10S/c27-21(28)3-1-8-26(9-2-10-37(32,33)34)16-6-4-14-11-17(24(31)36-20(14)13-16)22-25-18-12-15(23(29)30)5-7-19(18)35-22/h4-7,11-13H,1-3,8-10H2,(H,27,28)(H,29,30)(H,32,33,34). The smallest absolute Gasteiger partial charge is 0.349 e. The number of rotatable bonds is 11. The second-order valence-corrected chi connectivity index (χ2v) is 9.87. The molecule has 0 spiro atoms. The van der Waals surface area contributed by atoms with Gasteiger partial charge >= 0.3 is 17.6 Å². The van der Waals surface area contributed by atoms with Crippen molar-refractivity contribution in [2.75, 3.05) is 23.7 Å². The van der Waals surface area contributed by atoms with Gasteiger partial charge < -0.3 is 23.9 Å². The molecule has 0 aliphatic carbocycles. The van der Waals surface area contributed by atoms with Crippen LogP contribution in [0.4, 0.5) is 5.69 Å². The van der Waals surface area contributed by atoms with Crippen LogP contribution in [0.2, 0.25) is 0 Å². The molecule has 194 valence electrons. The van der Waals surface area contributed by atoms with Crippen LogP contribution in [0.3, 0.4) is 0 Å². The average molecular weight is 531 g/mol. The number of hydrogen-bond donors (Lipinski definition) is 3. The van der Waals surface area contributed by atoms with E-state index in [-0.39, 0.29) is 47.5 Å². The second-order valence-electron chi connectivity index (χ2n) is 8.30. The summed E-state index contributed by atoms with van der Waals surface area (Å²) in [7, 11) is -4.15. The van der Waals surface area contributed by atoms with Crippen molar-refractivity contribution < 1.29 is 41.6 Å². The summed E-state index contributed by atoms with van der Waals surface area (Å²) >= 11 is 0. The molecule has 4 rings (SSSR count). The molecular weight excluding hydrogens is 508 g/mol. The number of anilines is 1. The van der Waals surface area contributed by atoms with Gasteiger partial charge in [0, 0.05) is 36.7 Å². The molecule has 13 heteroatoms. The summed E-state index contributed by atoms with van der Waals surface area (Å²) in [6.45, 7) is 0.515. The first-order chi connectivity index (χ1) is 17.5. The Bertz CT molecular complexity index is 1660. The summed E-state index contributed by atoms with van der Waals surface area (Å²) in [5.41, 5.74) is 0.706. The molecule has 0 unspecified atom stereocenters. The van der Waals surface area contributed by atoms with E-state index in [9.17, 15) is 22.8 Å². The summed E-state index contributed by atoms with van der Waals surface area (Å²) in [5, 5.41) is 18.6. The molecule has 0 aliphatic rings. The van der Waals surface area contributed by atoms with Crippen molar-refractivity contribution in [3.05, 3.63) is 58.4 Å². The Kier molecular flexibility index (Phi) is 7.27. The molecular formula is C24H22N2O10S. The number of carboxylic acid groups (broad SMARTS) is 2. The van der Waals surface area contributed by atoms with Crippen LogP contribution in [0.5, 0.6) is 0 Å². The zero-order chi connectivity index (χ0) is 26.7. The predicted molar refractivity (Wildman–Crippen MR) is 133 cm³/mol. The Morgan fingerprint density at radius 1 is 0.946 bits per heavy atom. The molecule has 12 nitrogen and oxygen atoms in total. The number of aromatic nitrogens is 1. The topological polar surface area (TPSA) is 188 Å². The first kappa shape index (κ1) is 25.9. The van der Waals surface area contributed by atoms with Crippen molar-refractivity contribution in [3.8, 4) is 11.5 Å². The summed E-state index contributed by atoms with van der Waals surface area (Å²) in [6, 6.07) is 10.6. The molecule has 0 fully saturated rings. The van der Waals surface area contributed by atoms with E-state index in [0.717, 1.165) is 0 Å². The fourth-order valence-corrected chi connectivity index (χ4v) is 4.34. The Morgan fingerprint density at radius 3 is 2.41 bits per heavy atom. The molecule has 0 aliphatic heterocycles. The molecule has 2 aromatic heterocycles. The number of aliphatic carboxylic acids is 1. The number of aromatic carboxylic acids is 1. The lowest BCUT2D eigenvalue weighted by Crippen LogP contribution is -2.27. The van der Waals surface area contributed by atoms with Crippen LogP contribution >= 0.6 is 0 Å². The highest BCUT2D eigenvalue weighted by molar-refractivity contribution is 7.85. The van der Waals surface area contributed by atoms with Gasteiger partial charge in [0.1, 0.15) is 16.7 Å². The van der Waals surface area contributed by atoms with E-state index >= 15 is 0 Å². The Hall–Kier alpha value is -4.23. The van der Waals surface area contributed by atoms with E-state index in [1.807, 2.05) is 0 Å². The van der Waals surface area contributed by atoms with Gasteiger partial charge in [0.05, 0.1) is 11.3 Å². The van der Waals surface area contributed by atoms with Gasteiger partial charge in [-0.2, -0.15) is 8.42 Å². The fourth-order valence-electron chi connectivity index (χ4n) is 3.85. The highest BCUT2D eigenvalue weighted by Crippen LogP contribution is 2.28. The molecule has 0 saturated carbocycles. The Labute approximate surface area is 209 Å². The molecule has 0 radical (unpaired) electrons. The molecule has 0 saturated heterocycles. The SMILES string of the molecule is O=C(O)CCCN(CCCS(=O)(=O)O)c1ccc2cc(-c3nc4cc(C(=O)O)ccc4o3)c(=O)oc2c1. The van der Waals surface area contributed by atoms with Gasteiger partial charge in [-0.3, -0.25) is 9.35 Å². The van der Waals surface area contributed by atoms with Crippen LogP contribution in [-0.4, -0.2) is 58.9 Å². The van der Waals surface area contributed by atoms with Gasteiger partial charge in [0.2, 0.25) is 5.89 Å². The molecule has 0 atom stereocenters. The van der Waals surface area contributed by atoms with Crippen LogP contribution in [0, 0.1) is 0 Å². The van der Waals surface area contributed by atoms with Crippen molar-refractivity contribution in [2.45, 2.75) is 19.3 Å². The van der Waals surface area contributed by atoms with Gasteiger partial charge in [-0.05, 0) is 49.2 Å². The summed E-state index contributed by atoms with van der Waals surface area (Å²) < 4.78 is 42.3. The molecule has 4 aromatic rings. The highest BCUT2D eigenvalue weighted by atomic mass is 32.2. The minimum atomic E-state index is -4.15. The molecule has 2 aromatic carbocycles. The second kappa shape index (κ2) is 10.4. The first-order valence-corrected chi connectivity index (χ1v) is 12.8. The minimum absolute atomic E-state index is 0.0231. The quantitative estimate of drug-likeness (QED) is 0.190. The van der Waals surface area contributed by atoms with Gasteiger partial charge in [-0.1, -0.05) is 0 Å². The zero-order valence-corrected chi connectivity index (χ0v) is 20.1. The molecule has 2 heterocycles. The number of hydrogen-bond acceptors (Lipinski definition) is 9. The molecule has 0 amide bonds. The maximum Gasteiger partial charge on any atom is 0.349 e. The highest BCUT2D eigenvalue weighted by Gasteiger charge is 2.17. The number of fused-ring (bicyclic) bond motifs is 2. The van der Waals surface area contributed by atoms with Crippen LogP contribution in [-0.2, 0) is 14.9 Å². The maximum absolute atomic E-state index is 12.8. The third-order valence-electron chi connectivity index (χ3n) is 5.60. The largest absolute Gasteiger partial charge is 0.481 e. The van der Waals surface area contributed by atoms with E-state index in [4.69, 9.17) is 23.6 Å². The maximum atomic E-state index is 12.8. The van der Waals surface area contributed by atoms with Crippen LogP contribution < -0.4 is 10.5 Å². The predicted octanol–water partition coefficient (Wildman–Crippen LogP) is 3.25. The van der Waals surface area contributed by atoms with Crippen molar-refractivity contribution in [3.63, 3.8) is 0 Å². The summed E-state index contributed by atoms with van der Waals surface area (Å²) in [5.74, 6) is -2.57. The van der Waals surface area contributed by atoms with Crippen LogP contribution in [0.15, 0.2) is 56.1 Å². The van der Waals surface area contributed by atoms with Gasteiger partial charge in [-0.25, -0.2) is 14.6 Å². The molecule has 0 bridgehead atoms. The van der Waals surface area contributed by atoms with E-state index in [2.05, 4.69) is 4.98 Å². The summed E-state index contributed by atoms with van der Waals surface area (Å²) in [6.07, 6.45) is 0.316. The zero-order valence-electron chi connectivity index (χ0n) is 19.3. The van der Waals surface area contributed by atoms with E-state index in [1.54, 1.807) is 23.1 Å². The lowest BCUT2D eigenvalue weighted by molar-refractivity contribution is -0.137. The third-order valence-corrected chi connectivity index (χ3v) is 6.40. The van der Waals surface area contributed by atoms with Gasteiger partial charge in [-0.15, -0.1) is 0 Å². The van der Waals surface area contributed by atoms with Crippen molar-refractivity contribution in [1.29, 1.82) is 0 Å². The fraction of sp³-hybridized carbons (Fsp3) is 0.250. The molecule has 37 heavy (non-hydrogen) atoms. The normalized spacial score (nSPS) is 11.7. The summed E-state index contributed by atoms with van der Waals surface area (Å²) in [4.78, 5) is 40.8. The molecule has 3 N–H and O–H groups in total. The van der Waals surface area contributed by atoms with Crippen molar-refractivity contribution in [1.82, 2.24) is 4.98 Å². The lowest BCUT2D eigenvalue weighted by atomic mass is 10.1. The van der Waals surface area contributed by atoms with Crippen LogP contribution in [0.1, 0.15) is 29.6 Å². The van der Waals surface area contributed by atoms with Crippen molar-refractivity contribution in [2.24, 2.45) is 0 Å². The number of nitrogens with zero attached hydrogens (tertiary/aromatic N) is 2. The van der Waals surface area contributed by atoms with E-state index < -0.39 is 33.4 Å². The number of benzene rings is 2. The van der Waals surface area contributed by atoms with E-state index in [0.29, 0.717) is 29.6 Å². The Morgan fingerprint density at radius 2 is 1.70 bits per heavy atom. The monoisotopic (exact) mass is 530 g/mol. The number of carbonyl (C=O) groups is 2. The average Bonchev–Trinajstić information content (AvgIpc) is 3.24. The van der Waals surface area contributed by atoms with Crippen molar-refractivity contribution >= 4 is 49.8 Å². The van der Waals surface area contributed by atoms with Gasteiger partial charge in [0.25, 0.3) is 10.1 Å². The van der Waals surface area contributed by atoms with Gasteiger partial charge in [0.15, 0.2) is 5.58 Å². The minimum Gasteiger partial charge on any atom is -0.481 e. The number of carboxylic acids is 2. The third kappa shape index (κ3) is 6.32. The lowest BCUT2D eigenvalue weighted by Gasteiger charge is -2.24.